The third kappa shape index (κ3) is 2.66. The third-order valence-corrected chi connectivity index (χ3v) is 3.28. The summed E-state index contributed by atoms with van der Waals surface area (Å²) >= 11 is -0.764. The fourth-order valence-electron chi connectivity index (χ4n) is 1.25. The minimum atomic E-state index is -2.07. The van der Waals surface area contributed by atoms with Gasteiger partial charge in [0.2, 0.25) is 0 Å². The molecule has 1 heterocycles. The Morgan fingerprint density at radius 2 is 2.06 bits per heavy atom. The van der Waals surface area contributed by atoms with Crippen molar-refractivity contribution in [2.45, 2.75) is 6.92 Å². The van der Waals surface area contributed by atoms with Crippen LogP contribution in [0.5, 0.6) is 0 Å². The standard InChI is InChI=1S/C10H10N2O2S2/c1-7-2-4-8(5-3-7)9-6-15-10(11-9)12-16(13)14/h2-6H,1H3,(H,11,12)(H,13,14). The van der Waals surface area contributed by atoms with Crippen LogP contribution in [0.4, 0.5) is 5.13 Å². The Morgan fingerprint density at radius 1 is 1.38 bits per heavy atom. The van der Waals surface area contributed by atoms with E-state index in [1.54, 1.807) is 0 Å². The first-order valence-corrected chi connectivity index (χ1v) is 6.54. The molecule has 2 aromatic rings. The van der Waals surface area contributed by atoms with Crippen molar-refractivity contribution in [3.63, 3.8) is 0 Å². The first-order valence-electron chi connectivity index (χ1n) is 4.55. The van der Waals surface area contributed by atoms with Crippen LogP contribution in [0, 0.1) is 6.92 Å². The number of nitrogens with zero attached hydrogens (tertiary/aromatic N) is 1. The van der Waals surface area contributed by atoms with Gasteiger partial charge in [0, 0.05) is 10.9 Å². The van der Waals surface area contributed by atoms with Crippen molar-refractivity contribution in [3.05, 3.63) is 35.2 Å². The molecule has 1 aromatic carbocycles. The molecule has 0 spiro atoms. The Morgan fingerprint density at radius 3 is 2.69 bits per heavy atom. The number of aryl methyl sites for hydroxylation is 1. The number of nitrogens with one attached hydrogen (secondary N) is 1. The zero-order valence-electron chi connectivity index (χ0n) is 8.51. The minimum absolute atomic E-state index is 0.441. The molecule has 0 aliphatic heterocycles. The van der Waals surface area contributed by atoms with Gasteiger partial charge in [-0.1, -0.05) is 29.8 Å². The fourth-order valence-corrected chi connectivity index (χ4v) is 2.42. The van der Waals surface area contributed by atoms with E-state index in [0.29, 0.717) is 5.13 Å². The van der Waals surface area contributed by atoms with Crippen molar-refractivity contribution >= 4 is 27.7 Å². The number of anilines is 1. The van der Waals surface area contributed by atoms with E-state index in [-0.39, 0.29) is 0 Å². The molecule has 0 aliphatic rings. The molecule has 0 fully saturated rings. The van der Waals surface area contributed by atoms with E-state index in [1.165, 1.54) is 16.9 Å². The topological polar surface area (TPSA) is 62.2 Å². The van der Waals surface area contributed by atoms with E-state index in [2.05, 4.69) is 9.71 Å². The lowest BCUT2D eigenvalue weighted by atomic mass is 10.1. The number of hydrogen-bond acceptors (Lipinski definition) is 3. The molecule has 0 amide bonds. The second-order valence-electron chi connectivity index (χ2n) is 3.26. The monoisotopic (exact) mass is 254 g/mol. The number of aromatic nitrogens is 1. The maximum absolute atomic E-state index is 10.5. The van der Waals surface area contributed by atoms with Gasteiger partial charge in [-0.3, -0.25) is 9.27 Å². The highest BCUT2D eigenvalue weighted by molar-refractivity contribution is 7.80. The Balaban J connectivity index is 2.24. The van der Waals surface area contributed by atoms with Crippen LogP contribution in [0.2, 0.25) is 0 Å². The summed E-state index contributed by atoms with van der Waals surface area (Å²) in [5.41, 5.74) is 2.99. The Bertz CT molecular complexity index is 508. The van der Waals surface area contributed by atoms with Crippen LogP contribution < -0.4 is 4.72 Å². The first-order chi connectivity index (χ1) is 7.65. The molecule has 1 atom stereocenters. The Hall–Kier alpha value is -1.24. The largest absolute Gasteiger partial charge is 0.289 e. The summed E-state index contributed by atoms with van der Waals surface area (Å²) < 4.78 is 21.5. The van der Waals surface area contributed by atoms with Gasteiger partial charge in [0.25, 0.3) is 11.3 Å². The normalized spacial score (nSPS) is 12.4. The van der Waals surface area contributed by atoms with Crippen molar-refractivity contribution < 1.29 is 8.76 Å². The maximum atomic E-state index is 10.5. The number of hydrogen-bond donors (Lipinski definition) is 2. The quantitative estimate of drug-likeness (QED) is 0.828. The minimum Gasteiger partial charge on any atom is -0.289 e. The van der Waals surface area contributed by atoms with E-state index in [1.807, 2.05) is 36.6 Å². The highest BCUT2D eigenvalue weighted by Gasteiger charge is 2.05. The van der Waals surface area contributed by atoms with E-state index in [0.717, 1.165) is 11.3 Å². The van der Waals surface area contributed by atoms with Gasteiger partial charge in [-0.15, -0.1) is 11.3 Å². The number of benzene rings is 1. The summed E-state index contributed by atoms with van der Waals surface area (Å²) in [4.78, 5) is 4.20. The second kappa shape index (κ2) is 4.73. The van der Waals surface area contributed by atoms with Gasteiger partial charge in [0.15, 0.2) is 5.13 Å². The predicted molar refractivity (Wildman–Crippen MR) is 66.7 cm³/mol. The van der Waals surface area contributed by atoms with Crippen LogP contribution >= 0.6 is 11.3 Å². The molecule has 0 bridgehead atoms. The van der Waals surface area contributed by atoms with Crippen molar-refractivity contribution in [2.75, 3.05) is 4.72 Å². The highest BCUT2D eigenvalue weighted by atomic mass is 32.2. The van der Waals surface area contributed by atoms with Gasteiger partial charge in [0.1, 0.15) is 0 Å². The van der Waals surface area contributed by atoms with Gasteiger partial charge in [-0.05, 0) is 6.92 Å². The lowest BCUT2D eigenvalue weighted by Crippen LogP contribution is -2.00. The lowest BCUT2D eigenvalue weighted by molar-refractivity contribution is 0.570. The lowest BCUT2D eigenvalue weighted by Gasteiger charge is -1.97. The summed E-state index contributed by atoms with van der Waals surface area (Å²) in [6, 6.07) is 7.96. The molecule has 4 nitrogen and oxygen atoms in total. The van der Waals surface area contributed by atoms with Crippen LogP contribution in [-0.2, 0) is 11.3 Å². The van der Waals surface area contributed by atoms with Crippen LogP contribution in [-0.4, -0.2) is 13.7 Å². The smallest absolute Gasteiger partial charge is 0.260 e. The molecule has 84 valence electrons. The molecule has 6 heteroatoms. The van der Waals surface area contributed by atoms with Crippen LogP contribution in [0.25, 0.3) is 11.3 Å². The predicted octanol–water partition coefficient (Wildman–Crippen LogP) is 2.67. The molecule has 0 saturated carbocycles. The average molecular weight is 254 g/mol. The van der Waals surface area contributed by atoms with Gasteiger partial charge < -0.3 is 0 Å². The number of rotatable bonds is 3. The van der Waals surface area contributed by atoms with E-state index >= 15 is 0 Å². The molecule has 2 rings (SSSR count). The summed E-state index contributed by atoms with van der Waals surface area (Å²) in [6.45, 7) is 2.02. The summed E-state index contributed by atoms with van der Waals surface area (Å²) in [5, 5.41) is 2.29. The Labute approximate surface area is 99.8 Å². The van der Waals surface area contributed by atoms with E-state index in [4.69, 9.17) is 4.55 Å². The highest BCUT2D eigenvalue weighted by Crippen LogP contribution is 2.25. The van der Waals surface area contributed by atoms with Crippen molar-refractivity contribution in [3.8, 4) is 11.3 Å². The summed E-state index contributed by atoms with van der Waals surface area (Å²) in [7, 11) is 0. The van der Waals surface area contributed by atoms with Gasteiger partial charge in [-0.2, -0.15) is 0 Å². The molecule has 1 unspecified atom stereocenters. The van der Waals surface area contributed by atoms with Gasteiger partial charge >= 0.3 is 0 Å². The van der Waals surface area contributed by atoms with E-state index in [9.17, 15) is 4.21 Å². The second-order valence-corrected chi connectivity index (χ2v) is 4.82. The van der Waals surface area contributed by atoms with Crippen LogP contribution in [0.3, 0.4) is 0 Å². The third-order valence-electron chi connectivity index (χ3n) is 2.03. The van der Waals surface area contributed by atoms with E-state index < -0.39 is 11.3 Å². The molecular formula is C10H10N2O2S2. The molecular weight excluding hydrogens is 244 g/mol. The zero-order chi connectivity index (χ0) is 11.5. The molecule has 2 N–H and O–H groups in total. The van der Waals surface area contributed by atoms with Crippen LogP contribution in [0.1, 0.15) is 5.56 Å². The molecule has 0 saturated heterocycles. The first kappa shape index (κ1) is 11.3. The fraction of sp³-hybridized carbons (Fsp3) is 0.100. The molecule has 0 radical (unpaired) electrons. The SMILES string of the molecule is Cc1ccc(-c2csc(NS(=O)O)n2)cc1. The van der Waals surface area contributed by atoms with Crippen LogP contribution in [0.15, 0.2) is 29.6 Å². The van der Waals surface area contributed by atoms with Crippen molar-refractivity contribution in [1.29, 1.82) is 0 Å². The summed E-state index contributed by atoms with van der Waals surface area (Å²) in [5.74, 6) is 0. The Kier molecular flexibility index (Phi) is 3.33. The molecule has 0 aliphatic carbocycles. The summed E-state index contributed by atoms with van der Waals surface area (Å²) in [6.07, 6.45) is 0. The van der Waals surface area contributed by atoms with Crippen molar-refractivity contribution in [1.82, 2.24) is 4.98 Å². The maximum Gasteiger partial charge on any atom is 0.260 e. The molecule has 16 heavy (non-hydrogen) atoms. The van der Waals surface area contributed by atoms with Gasteiger partial charge in [-0.25, -0.2) is 9.19 Å². The average Bonchev–Trinajstić information content (AvgIpc) is 2.66. The number of thiazole rings is 1. The van der Waals surface area contributed by atoms with Gasteiger partial charge in [0.05, 0.1) is 5.69 Å². The van der Waals surface area contributed by atoms with Crippen molar-refractivity contribution in [2.24, 2.45) is 0 Å². The zero-order valence-corrected chi connectivity index (χ0v) is 10.1. The molecule has 1 aromatic heterocycles.